The molecule has 142 valence electrons. The van der Waals surface area contributed by atoms with Gasteiger partial charge in [0.25, 0.3) is 5.91 Å². The molecular weight excluding hydrogens is 350 g/mol. The molecule has 0 aliphatic carbocycles. The summed E-state index contributed by atoms with van der Waals surface area (Å²) in [6, 6.07) is 23.7. The summed E-state index contributed by atoms with van der Waals surface area (Å²) in [6.45, 7) is 4.02. The van der Waals surface area contributed by atoms with Gasteiger partial charge in [-0.2, -0.15) is 0 Å². The van der Waals surface area contributed by atoms with Gasteiger partial charge in [-0.05, 0) is 43.2 Å². The number of amides is 1. The zero-order valence-electron chi connectivity index (χ0n) is 16.1. The van der Waals surface area contributed by atoms with Crippen molar-refractivity contribution in [1.82, 2.24) is 0 Å². The van der Waals surface area contributed by atoms with E-state index in [9.17, 15) is 4.79 Å². The number of anilines is 1. The molecule has 0 saturated heterocycles. The minimum Gasteiger partial charge on any atom is -0.483 e. The fourth-order valence-corrected chi connectivity index (χ4v) is 3.42. The molecule has 1 aliphatic rings. The Morgan fingerprint density at radius 3 is 2.43 bits per heavy atom. The Kier molecular flexibility index (Phi) is 4.78. The van der Waals surface area contributed by atoms with Gasteiger partial charge >= 0.3 is 0 Å². The van der Waals surface area contributed by atoms with E-state index in [1.165, 1.54) is 0 Å². The van der Waals surface area contributed by atoms with Gasteiger partial charge in [-0.15, -0.1) is 0 Å². The highest BCUT2D eigenvalue weighted by molar-refractivity contribution is 5.92. The first kappa shape index (κ1) is 18.1. The van der Waals surface area contributed by atoms with Crippen molar-refractivity contribution in [3.63, 3.8) is 0 Å². The molecule has 0 atom stereocenters. The zero-order chi connectivity index (χ0) is 19.6. The van der Waals surface area contributed by atoms with E-state index in [0.29, 0.717) is 5.75 Å². The molecule has 1 heterocycles. The fourth-order valence-electron chi connectivity index (χ4n) is 3.42. The molecule has 0 unspecified atom stereocenters. The lowest BCUT2D eigenvalue weighted by Crippen LogP contribution is -2.25. The van der Waals surface area contributed by atoms with Crippen LogP contribution >= 0.6 is 0 Å². The Morgan fingerprint density at radius 2 is 1.68 bits per heavy atom. The molecular formula is C24H23NO3. The molecule has 0 bridgehead atoms. The van der Waals surface area contributed by atoms with Gasteiger partial charge in [0.15, 0.2) is 18.1 Å². The molecule has 0 fully saturated rings. The maximum Gasteiger partial charge on any atom is 0.262 e. The number of carbonyl (C=O) groups excluding carboxylic acids is 1. The van der Waals surface area contributed by atoms with E-state index in [1.54, 1.807) is 0 Å². The van der Waals surface area contributed by atoms with E-state index < -0.39 is 0 Å². The molecule has 1 amide bonds. The van der Waals surface area contributed by atoms with Crippen LogP contribution in [0.4, 0.5) is 5.69 Å². The van der Waals surface area contributed by atoms with E-state index in [1.807, 2.05) is 74.5 Å². The van der Waals surface area contributed by atoms with Crippen LogP contribution < -0.4 is 14.8 Å². The second-order valence-corrected chi connectivity index (χ2v) is 7.56. The van der Waals surface area contributed by atoms with Crippen LogP contribution in [0.25, 0.3) is 11.1 Å². The number of nitrogens with one attached hydrogen (secondary N) is 1. The van der Waals surface area contributed by atoms with Crippen LogP contribution in [0.2, 0.25) is 0 Å². The van der Waals surface area contributed by atoms with Gasteiger partial charge in [0.05, 0.1) is 0 Å². The molecule has 3 aromatic rings. The highest BCUT2D eigenvalue weighted by atomic mass is 16.5. The highest BCUT2D eigenvalue weighted by Crippen LogP contribution is 2.41. The molecule has 1 N–H and O–H groups in total. The van der Waals surface area contributed by atoms with Crippen LogP contribution in [-0.4, -0.2) is 18.1 Å². The van der Waals surface area contributed by atoms with E-state index in [2.05, 4.69) is 17.4 Å². The third-order valence-electron chi connectivity index (χ3n) is 4.69. The summed E-state index contributed by atoms with van der Waals surface area (Å²) in [7, 11) is 0. The van der Waals surface area contributed by atoms with Crippen molar-refractivity contribution in [2.75, 3.05) is 11.9 Å². The second-order valence-electron chi connectivity index (χ2n) is 7.56. The number of para-hydroxylation sites is 1. The van der Waals surface area contributed by atoms with Crippen LogP contribution in [0.5, 0.6) is 11.5 Å². The van der Waals surface area contributed by atoms with Crippen LogP contribution in [0.15, 0.2) is 72.8 Å². The monoisotopic (exact) mass is 373 g/mol. The van der Waals surface area contributed by atoms with Gasteiger partial charge in [0.1, 0.15) is 5.60 Å². The number of ether oxygens (including phenoxy) is 2. The van der Waals surface area contributed by atoms with Crippen LogP contribution in [0, 0.1) is 0 Å². The van der Waals surface area contributed by atoms with Crippen molar-refractivity contribution < 1.29 is 14.3 Å². The fraction of sp³-hybridized carbons (Fsp3) is 0.208. The van der Waals surface area contributed by atoms with Crippen molar-refractivity contribution in [3.05, 3.63) is 78.4 Å². The van der Waals surface area contributed by atoms with Crippen LogP contribution in [0.3, 0.4) is 0 Å². The molecule has 4 heteroatoms. The van der Waals surface area contributed by atoms with E-state index >= 15 is 0 Å². The Bertz CT molecular complexity index is 978. The van der Waals surface area contributed by atoms with Gasteiger partial charge in [-0.1, -0.05) is 54.6 Å². The smallest absolute Gasteiger partial charge is 0.262 e. The van der Waals surface area contributed by atoms with Crippen LogP contribution in [-0.2, 0) is 11.2 Å². The average molecular weight is 373 g/mol. The molecule has 1 aliphatic heterocycles. The Labute approximate surface area is 165 Å². The third kappa shape index (κ3) is 4.01. The lowest BCUT2D eigenvalue weighted by molar-refractivity contribution is -0.118. The normalized spacial score (nSPS) is 14.1. The molecule has 0 spiro atoms. The number of benzene rings is 3. The third-order valence-corrected chi connectivity index (χ3v) is 4.69. The highest BCUT2D eigenvalue weighted by Gasteiger charge is 2.32. The zero-order valence-corrected chi connectivity index (χ0v) is 16.1. The minimum atomic E-state index is -0.245. The number of carbonyl (C=O) groups is 1. The summed E-state index contributed by atoms with van der Waals surface area (Å²) in [5.41, 5.74) is 3.85. The first-order chi connectivity index (χ1) is 13.5. The van der Waals surface area contributed by atoms with E-state index in [0.717, 1.165) is 34.5 Å². The summed E-state index contributed by atoms with van der Waals surface area (Å²) >= 11 is 0. The second kappa shape index (κ2) is 7.39. The molecule has 0 radical (unpaired) electrons. The Morgan fingerprint density at radius 1 is 0.964 bits per heavy atom. The minimum absolute atomic E-state index is 0.0688. The van der Waals surface area contributed by atoms with E-state index in [-0.39, 0.29) is 18.1 Å². The molecule has 4 rings (SSSR count). The molecule has 0 aromatic heterocycles. The van der Waals surface area contributed by atoms with Gasteiger partial charge < -0.3 is 14.8 Å². The topological polar surface area (TPSA) is 47.6 Å². The van der Waals surface area contributed by atoms with Crippen molar-refractivity contribution in [3.8, 4) is 22.6 Å². The number of fused-ring (bicyclic) bond motifs is 1. The van der Waals surface area contributed by atoms with Crippen LogP contribution in [0.1, 0.15) is 19.4 Å². The SMILES string of the molecule is CC1(C)Cc2cccc(OCC(=O)Nc3ccc(-c4ccccc4)cc3)c2O1. The molecule has 0 saturated carbocycles. The maximum atomic E-state index is 12.3. The van der Waals surface area contributed by atoms with Gasteiger partial charge in [-0.25, -0.2) is 0 Å². The first-order valence-corrected chi connectivity index (χ1v) is 9.39. The predicted octanol–water partition coefficient (Wildman–Crippen LogP) is 5.08. The van der Waals surface area contributed by atoms with Gasteiger partial charge in [-0.3, -0.25) is 4.79 Å². The van der Waals surface area contributed by atoms with Crippen molar-refractivity contribution >= 4 is 11.6 Å². The Balaban J connectivity index is 1.37. The van der Waals surface area contributed by atoms with Gasteiger partial charge in [0.2, 0.25) is 0 Å². The summed E-state index contributed by atoms with van der Waals surface area (Å²) in [4.78, 5) is 12.3. The molecule has 3 aromatic carbocycles. The number of hydrogen-bond donors (Lipinski definition) is 1. The van der Waals surface area contributed by atoms with Gasteiger partial charge in [0, 0.05) is 17.7 Å². The summed E-state index contributed by atoms with van der Waals surface area (Å²) < 4.78 is 11.7. The lowest BCUT2D eigenvalue weighted by atomic mass is 10.0. The standard InChI is InChI=1S/C24H23NO3/c1-24(2)15-19-9-6-10-21(23(19)28-24)27-16-22(26)25-20-13-11-18(12-14-20)17-7-4-3-5-8-17/h3-14H,15-16H2,1-2H3,(H,25,26). The molecule has 4 nitrogen and oxygen atoms in total. The molecule has 28 heavy (non-hydrogen) atoms. The van der Waals surface area contributed by atoms with E-state index in [4.69, 9.17) is 9.47 Å². The van der Waals surface area contributed by atoms with Crippen molar-refractivity contribution in [2.24, 2.45) is 0 Å². The summed E-state index contributed by atoms with van der Waals surface area (Å²) in [6.07, 6.45) is 0.833. The summed E-state index contributed by atoms with van der Waals surface area (Å²) in [5.74, 6) is 1.15. The summed E-state index contributed by atoms with van der Waals surface area (Å²) in [5, 5.41) is 2.87. The maximum absolute atomic E-state index is 12.3. The van der Waals surface area contributed by atoms with Crippen molar-refractivity contribution in [2.45, 2.75) is 25.9 Å². The number of hydrogen-bond acceptors (Lipinski definition) is 3. The van der Waals surface area contributed by atoms with Crippen molar-refractivity contribution in [1.29, 1.82) is 0 Å². The number of rotatable bonds is 5. The predicted molar refractivity (Wildman–Crippen MR) is 111 cm³/mol. The average Bonchev–Trinajstić information content (AvgIpc) is 3.02. The quantitative estimate of drug-likeness (QED) is 0.678. The first-order valence-electron chi connectivity index (χ1n) is 9.39. The Hall–Kier alpha value is -3.27. The lowest BCUT2D eigenvalue weighted by Gasteiger charge is -2.18. The largest absolute Gasteiger partial charge is 0.483 e.